The van der Waals surface area contributed by atoms with Crippen molar-refractivity contribution in [2.75, 3.05) is 37.9 Å². The largest absolute Gasteiger partial charge is 0.494 e. The number of nitrogens with one attached hydrogen (secondary N) is 3. The summed E-state index contributed by atoms with van der Waals surface area (Å²) in [5, 5.41) is 6.48. The first-order chi connectivity index (χ1) is 20.2. The molecular weight excluding hydrogens is 588 g/mol. The zero-order valence-electron chi connectivity index (χ0n) is 26.2. The van der Waals surface area contributed by atoms with E-state index >= 15 is 0 Å². The van der Waals surface area contributed by atoms with E-state index in [4.69, 9.17) is 21.1 Å². The van der Waals surface area contributed by atoms with Crippen molar-refractivity contribution in [3.63, 3.8) is 0 Å². The van der Waals surface area contributed by atoms with Crippen molar-refractivity contribution >= 4 is 44.8 Å². The van der Waals surface area contributed by atoms with Crippen molar-refractivity contribution < 1.29 is 17.9 Å². The van der Waals surface area contributed by atoms with Gasteiger partial charge in [-0.3, -0.25) is 0 Å². The smallest absolute Gasteiger partial charge is 0.242 e. The maximum absolute atomic E-state index is 13.0. The minimum atomic E-state index is -3.76. The third kappa shape index (κ3) is 7.17. The van der Waals surface area contributed by atoms with Crippen molar-refractivity contribution in [3.05, 3.63) is 53.7 Å². The van der Waals surface area contributed by atoms with Crippen LogP contribution in [0.1, 0.15) is 48.0 Å². The fourth-order valence-corrected chi connectivity index (χ4v) is 6.49. The topological polar surface area (TPSA) is 118 Å². The summed E-state index contributed by atoms with van der Waals surface area (Å²) in [4.78, 5) is 11.3. The molecule has 1 aromatic heterocycles. The van der Waals surface area contributed by atoms with E-state index in [0.717, 1.165) is 13.0 Å². The Labute approximate surface area is 260 Å². The molecule has 12 heteroatoms. The Morgan fingerprint density at radius 1 is 1.09 bits per heavy atom. The van der Waals surface area contributed by atoms with E-state index in [0.29, 0.717) is 29.4 Å². The Morgan fingerprint density at radius 2 is 1.81 bits per heavy atom. The number of rotatable bonds is 11. The normalized spacial score (nSPS) is 18.3. The van der Waals surface area contributed by atoms with Crippen molar-refractivity contribution in [2.45, 2.75) is 64.5 Å². The van der Waals surface area contributed by atoms with Gasteiger partial charge in [-0.1, -0.05) is 51.4 Å². The molecule has 0 aliphatic carbocycles. The highest BCUT2D eigenvalue weighted by Gasteiger charge is 2.50. The van der Waals surface area contributed by atoms with E-state index in [2.05, 4.69) is 65.0 Å². The lowest BCUT2D eigenvalue weighted by molar-refractivity contribution is -0.0918. The monoisotopic (exact) mass is 630 g/mol. The lowest BCUT2D eigenvalue weighted by Crippen LogP contribution is -2.63. The molecule has 0 spiro atoms. The molecule has 1 saturated heterocycles. The molecule has 0 radical (unpaired) electrons. The summed E-state index contributed by atoms with van der Waals surface area (Å²) >= 11 is 6.42. The molecule has 3 N–H and O–H groups in total. The van der Waals surface area contributed by atoms with Crippen LogP contribution in [0.15, 0.2) is 53.6 Å². The number of likely N-dealkylation sites (tertiary alicyclic amines) is 1. The van der Waals surface area contributed by atoms with E-state index in [9.17, 15) is 8.42 Å². The van der Waals surface area contributed by atoms with E-state index in [-0.39, 0.29) is 44.7 Å². The molecule has 1 aliphatic heterocycles. The summed E-state index contributed by atoms with van der Waals surface area (Å²) in [6, 6.07) is 12.2. The van der Waals surface area contributed by atoms with E-state index < -0.39 is 10.0 Å². The second kappa shape index (κ2) is 12.9. The minimum absolute atomic E-state index is 0.0303. The first-order valence-corrected chi connectivity index (χ1v) is 16.2. The zero-order chi connectivity index (χ0) is 31.6. The Morgan fingerprint density at radius 3 is 2.51 bits per heavy atom. The summed E-state index contributed by atoms with van der Waals surface area (Å²) in [6.45, 7) is 14.2. The first kappa shape index (κ1) is 32.8. The lowest BCUT2D eigenvalue weighted by atomic mass is 9.66. The number of nitrogens with zero attached hydrogens (tertiary/aromatic N) is 3. The maximum Gasteiger partial charge on any atom is 0.242 e. The van der Waals surface area contributed by atoms with Gasteiger partial charge >= 0.3 is 0 Å². The number of ether oxygens (including phenoxy) is 2. The van der Waals surface area contributed by atoms with Crippen LogP contribution in [0.2, 0.25) is 5.02 Å². The maximum atomic E-state index is 13.0. The molecule has 234 valence electrons. The quantitative estimate of drug-likeness (QED) is 0.220. The number of benzene rings is 2. The van der Waals surface area contributed by atoms with Crippen LogP contribution in [-0.4, -0.2) is 62.2 Å². The Bertz CT molecular complexity index is 1550. The average molecular weight is 631 g/mol. The van der Waals surface area contributed by atoms with Gasteiger partial charge in [-0.2, -0.15) is 4.98 Å². The van der Waals surface area contributed by atoms with Gasteiger partial charge in [-0.25, -0.2) is 18.1 Å². The van der Waals surface area contributed by atoms with Crippen LogP contribution >= 0.6 is 11.6 Å². The fourth-order valence-electron chi connectivity index (χ4n) is 4.98. The van der Waals surface area contributed by atoms with Gasteiger partial charge in [-0.15, -0.1) is 0 Å². The Kier molecular flexibility index (Phi) is 9.80. The van der Waals surface area contributed by atoms with Crippen LogP contribution in [0.3, 0.4) is 0 Å². The van der Waals surface area contributed by atoms with Gasteiger partial charge < -0.3 is 25.0 Å². The molecule has 43 heavy (non-hydrogen) atoms. The van der Waals surface area contributed by atoms with Crippen LogP contribution in [0, 0.1) is 11.3 Å². The van der Waals surface area contributed by atoms with Gasteiger partial charge in [0, 0.05) is 30.1 Å². The number of halogens is 1. The van der Waals surface area contributed by atoms with Gasteiger partial charge in [-0.05, 0) is 57.5 Å². The molecule has 0 saturated carbocycles. The number of sulfonamides is 1. The zero-order valence-corrected chi connectivity index (χ0v) is 27.7. The number of anilines is 4. The summed E-state index contributed by atoms with van der Waals surface area (Å²) in [6.07, 6.45) is 2.39. The van der Waals surface area contributed by atoms with Crippen molar-refractivity contribution in [2.24, 2.45) is 11.3 Å². The minimum Gasteiger partial charge on any atom is -0.494 e. The van der Waals surface area contributed by atoms with Gasteiger partial charge in [0.2, 0.25) is 16.0 Å². The van der Waals surface area contributed by atoms with Crippen molar-refractivity contribution in [3.8, 4) is 11.5 Å². The van der Waals surface area contributed by atoms with Crippen LogP contribution in [-0.2, 0) is 10.0 Å². The van der Waals surface area contributed by atoms with Gasteiger partial charge in [0.15, 0.2) is 5.82 Å². The number of methoxy groups -OCH3 is 1. The molecule has 0 bridgehead atoms. The summed E-state index contributed by atoms with van der Waals surface area (Å²) in [5.74, 6) is 1.92. The number of para-hydroxylation sites is 1. The predicted octanol–water partition coefficient (Wildman–Crippen LogP) is 6.45. The van der Waals surface area contributed by atoms with Gasteiger partial charge in [0.25, 0.3) is 0 Å². The standard InChI is InChI=1S/C31H43ClN6O4S/c1-20(2)18-34-43(39,40)26-12-10-9-11-24(26)35-28-22(32)19-33-29(37-28)36-23-14-13-21(17-25(23)41-8)42-27-15-16-38(7)31(5,6)30(27,3)4/h9-14,17,19-20,27,34H,15-16,18H2,1-8H3,(H2,33,35,36,37). The second-order valence-corrected chi connectivity index (χ2v) is 14.5. The van der Waals surface area contributed by atoms with Crippen LogP contribution in [0.5, 0.6) is 11.5 Å². The highest BCUT2D eigenvalue weighted by atomic mass is 35.5. The molecule has 4 rings (SSSR count). The molecule has 1 fully saturated rings. The average Bonchev–Trinajstić information content (AvgIpc) is 2.95. The highest BCUT2D eigenvalue weighted by molar-refractivity contribution is 7.89. The number of piperidine rings is 1. The van der Waals surface area contributed by atoms with E-state index in [1.807, 2.05) is 32.0 Å². The molecule has 10 nitrogen and oxygen atoms in total. The third-order valence-corrected chi connectivity index (χ3v) is 10.4. The third-order valence-electron chi connectivity index (χ3n) is 8.62. The second-order valence-electron chi connectivity index (χ2n) is 12.3. The predicted molar refractivity (Wildman–Crippen MR) is 173 cm³/mol. The number of hydrogen-bond acceptors (Lipinski definition) is 9. The fraction of sp³-hybridized carbons (Fsp3) is 0.484. The Hall–Kier alpha value is -3.12. The Balaban J connectivity index is 1.54. The molecule has 0 amide bonds. The van der Waals surface area contributed by atoms with Crippen molar-refractivity contribution in [1.29, 1.82) is 0 Å². The van der Waals surface area contributed by atoms with E-state index in [1.54, 1.807) is 25.3 Å². The van der Waals surface area contributed by atoms with Crippen LogP contribution < -0.4 is 24.8 Å². The summed E-state index contributed by atoms with van der Waals surface area (Å²) in [5.41, 5.74) is 0.845. The summed E-state index contributed by atoms with van der Waals surface area (Å²) < 4.78 is 40.8. The molecular formula is C31H43ClN6O4S. The molecule has 1 atom stereocenters. The molecule has 2 aromatic carbocycles. The molecule has 1 aliphatic rings. The molecule has 1 unspecified atom stereocenters. The van der Waals surface area contributed by atoms with E-state index in [1.165, 1.54) is 12.3 Å². The number of hydrogen-bond donors (Lipinski definition) is 3. The number of aromatic nitrogens is 2. The SMILES string of the molecule is COc1cc(OC2CCN(C)C(C)(C)C2(C)C)ccc1Nc1ncc(Cl)c(Nc2ccccc2S(=O)(=O)NCC(C)C)n1. The van der Waals surface area contributed by atoms with Gasteiger partial charge in [0.1, 0.15) is 27.5 Å². The summed E-state index contributed by atoms with van der Waals surface area (Å²) in [7, 11) is -0.0132. The first-order valence-electron chi connectivity index (χ1n) is 14.4. The molecule has 2 heterocycles. The lowest BCUT2D eigenvalue weighted by Gasteiger charge is -2.55. The van der Waals surface area contributed by atoms with Gasteiger partial charge in [0.05, 0.1) is 24.7 Å². The molecule has 3 aromatic rings. The van der Waals surface area contributed by atoms with Crippen LogP contribution in [0.4, 0.5) is 23.1 Å². The van der Waals surface area contributed by atoms with Crippen LogP contribution in [0.25, 0.3) is 0 Å². The highest BCUT2D eigenvalue weighted by Crippen LogP contribution is 2.45. The van der Waals surface area contributed by atoms with Crippen molar-refractivity contribution in [1.82, 2.24) is 19.6 Å².